The lowest BCUT2D eigenvalue weighted by Crippen LogP contribution is -2.23. The fraction of sp³-hybridized carbons (Fsp3) is 0.154. The van der Waals surface area contributed by atoms with E-state index in [1.807, 2.05) is 37.3 Å². The number of rotatable bonds is 4. The van der Waals surface area contributed by atoms with Crippen molar-refractivity contribution < 1.29 is 4.42 Å². The Kier molecular flexibility index (Phi) is 4.92. The van der Waals surface area contributed by atoms with Crippen LogP contribution >= 0.6 is 0 Å². The van der Waals surface area contributed by atoms with Crippen LogP contribution in [0.25, 0.3) is 27.9 Å². The molecule has 3 aromatic heterocycles. The Bertz CT molecular complexity index is 1570. The van der Waals surface area contributed by atoms with Crippen molar-refractivity contribution in [2.75, 3.05) is 11.9 Å². The number of hydrogen-bond donors (Lipinski definition) is 2. The number of anilines is 2. The highest BCUT2D eigenvalue weighted by Crippen LogP contribution is 2.27. The first-order valence-electron chi connectivity index (χ1n) is 11.1. The number of oxazole rings is 1. The van der Waals surface area contributed by atoms with Gasteiger partial charge >= 0.3 is 0 Å². The summed E-state index contributed by atoms with van der Waals surface area (Å²) < 4.78 is 7.10. The molecular weight excluding hydrogens is 428 g/mol. The Morgan fingerprint density at radius 1 is 1.12 bits per heavy atom. The van der Waals surface area contributed by atoms with Crippen LogP contribution in [-0.4, -0.2) is 26.1 Å². The van der Waals surface area contributed by atoms with Crippen molar-refractivity contribution in [2.45, 2.75) is 19.9 Å². The Labute approximate surface area is 195 Å². The summed E-state index contributed by atoms with van der Waals surface area (Å²) in [5.74, 6) is 1.05. The van der Waals surface area contributed by atoms with Gasteiger partial charge in [-0.05, 0) is 60.8 Å². The first kappa shape index (κ1) is 20.3. The quantitative estimate of drug-likeness (QED) is 0.425. The van der Waals surface area contributed by atoms with Crippen LogP contribution in [0.2, 0.25) is 0 Å². The summed E-state index contributed by atoms with van der Waals surface area (Å²) in [6, 6.07) is 13.9. The zero-order valence-corrected chi connectivity index (χ0v) is 18.6. The Hall–Kier alpha value is -4.30. The molecule has 0 spiro atoms. The molecule has 5 aromatic rings. The number of aromatic nitrogens is 4. The Morgan fingerprint density at radius 3 is 2.91 bits per heavy atom. The molecule has 0 bridgehead atoms. The molecule has 8 heteroatoms. The van der Waals surface area contributed by atoms with Gasteiger partial charge in [0.05, 0.1) is 22.8 Å². The molecule has 168 valence electrons. The molecule has 2 aromatic carbocycles. The standard InChI is InChI=1S/C26H22N6O2/c1-16-14-32(22-5-3-2-4-20(22)23-13-28-15-34-23)25(33)21-12-29-26(31-24(16)21)30-19-7-6-17-8-9-27-11-18(17)10-19/h2-7,10,12-15,27H,8-9,11H2,1H3,(H,29,30,31). The van der Waals surface area contributed by atoms with Crippen molar-refractivity contribution in [1.82, 2.24) is 24.8 Å². The molecule has 0 saturated carbocycles. The van der Waals surface area contributed by atoms with Crippen LogP contribution < -0.4 is 16.2 Å². The first-order chi connectivity index (χ1) is 16.7. The van der Waals surface area contributed by atoms with Crippen LogP contribution in [0, 0.1) is 6.92 Å². The van der Waals surface area contributed by atoms with Gasteiger partial charge in [0.15, 0.2) is 12.2 Å². The maximum absolute atomic E-state index is 13.4. The highest BCUT2D eigenvalue weighted by molar-refractivity contribution is 5.82. The second-order valence-electron chi connectivity index (χ2n) is 8.36. The zero-order chi connectivity index (χ0) is 23.1. The van der Waals surface area contributed by atoms with E-state index in [9.17, 15) is 4.79 Å². The molecule has 1 aliphatic heterocycles. The molecule has 6 rings (SSSR count). The lowest BCUT2D eigenvalue weighted by atomic mass is 10.0. The molecule has 0 radical (unpaired) electrons. The summed E-state index contributed by atoms with van der Waals surface area (Å²) in [6.45, 7) is 3.81. The second kappa shape index (κ2) is 8.24. The van der Waals surface area contributed by atoms with Crippen LogP contribution in [-0.2, 0) is 13.0 Å². The fourth-order valence-corrected chi connectivity index (χ4v) is 4.45. The number of nitrogens with one attached hydrogen (secondary N) is 2. The number of benzene rings is 2. The molecule has 8 nitrogen and oxygen atoms in total. The van der Waals surface area contributed by atoms with E-state index in [2.05, 4.69) is 37.7 Å². The van der Waals surface area contributed by atoms with Crippen LogP contribution in [0.15, 0.2) is 76.7 Å². The van der Waals surface area contributed by atoms with Gasteiger partial charge in [0.2, 0.25) is 5.95 Å². The lowest BCUT2D eigenvalue weighted by Gasteiger charge is -2.18. The fourth-order valence-electron chi connectivity index (χ4n) is 4.45. The summed E-state index contributed by atoms with van der Waals surface area (Å²) in [5, 5.41) is 7.14. The van der Waals surface area contributed by atoms with Gasteiger partial charge in [0, 0.05) is 30.2 Å². The molecule has 0 aliphatic carbocycles. The second-order valence-corrected chi connectivity index (χ2v) is 8.36. The normalized spacial score (nSPS) is 13.1. The van der Waals surface area contributed by atoms with E-state index in [0.717, 1.165) is 36.3 Å². The van der Waals surface area contributed by atoms with Crippen LogP contribution in [0.5, 0.6) is 0 Å². The van der Waals surface area contributed by atoms with Gasteiger partial charge in [-0.1, -0.05) is 18.2 Å². The lowest BCUT2D eigenvalue weighted by molar-refractivity contribution is 0.571. The van der Waals surface area contributed by atoms with Gasteiger partial charge in [0.25, 0.3) is 5.56 Å². The molecule has 0 saturated heterocycles. The van der Waals surface area contributed by atoms with Crippen LogP contribution in [0.1, 0.15) is 16.7 Å². The highest BCUT2D eigenvalue weighted by atomic mass is 16.3. The van der Waals surface area contributed by atoms with Gasteiger partial charge < -0.3 is 15.1 Å². The molecule has 34 heavy (non-hydrogen) atoms. The van der Waals surface area contributed by atoms with E-state index >= 15 is 0 Å². The van der Waals surface area contributed by atoms with Gasteiger partial charge in [-0.3, -0.25) is 9.36 Å². The van der Waals surface area contributed by atoms with Crippen molar-refractivity contribution in [3.05, 3.63) is 94.5 Å². The van der Waals surface area contributed by atoms with Crippen molar-refractivity contribution >= 4 is 22.5 Å². The molecule has 0 unspecified atom stereocenters. The summed E-state index contributed by atoms with van der Waals surface area (Å²) in [4.78, 5) is 26.6. The van der Waals surface area contributed by atoms with Crippen molar-refractivity contribution in [2.24, 2.45) is 0 Å². The zero-order valence-electron chi connectivity index (χ0n) is 18.6. The maximum atomic E-state index is 13.4. The Balaban J connectivity index is 1.40. The Morgan fingerprint density at radius 2 is 2.03 bits per heavy atom. The predicted octanol–water partition coefficient (Wildman–Crippen LogP) is 4.13. The predicted molar refractivity (Wildman–Crippen MR) is 131 cm³/mol. The van der Waals surface area contributed by atoms with E-state index in [1.165, 1.54) is 17.5 Å². The largest absolute Gasteiger partial charge is 0.443 e. The minimum absolute atomic E-state index is 0.195. The molecule has 4 heterocycles. The van der Waals surface area contributed by atoms with Crippen molar-refractivity contribution in [3.63, 3.8) is 0 Å². The average molecular weight is 451 g/mol. The minimum atomic E-state index is -0.195. The summed E-state index contributed by atoms with van der Waals surface area (Å²) >= 11 is 0. The van der Waals surface area contributed by atoms with Crippen molar-refractivity contribution in [1.29, 1.82) is 0 Å². The summed E-state index contributed by atoms with van der Waals surface area (Å²) in [6.07, 6.45) is 7.44. The number of para-hydroxylation sites is 1. The minimum Gasteiger partial charge on any atom is -0.443 e. The van der Waals surface area contributed by atoms with E-state index in [1.54, 1.807) is 23.2 Å². The summed E-state index contributed by atoms with van der Waals surface area (Å²) in [7, 11) is 0. The van der Waals surface area contributed by atoms with Crippen molar-refractivity contribution in [3.8, 4) is 17.0 Å². The third kappa shape index (κ3) is 3.54. The molecular formula is C26H22N6O2. The molecule has 0 fully saturated rings. The van der Waals surface area contributed by atoms with Gasteiger partial charge in [-0.2, -0.15) is 0 Å². The van der Waals surface area contributed by atoms with E-state index in [4.69, 9.17) is 4.42 Å². The smallest absolute Gasteiger partial charge is 0.266 e. The number of nitrogens with zero attached hydrogens (tertiary/aromatic N) is 4. The number of aryl methyl sites for hydroxylation is 1. The summed E-state index contributed by atoms with van der Waals surface area (Å²) in [5.41, 5.74) is 6.35. The highest BCUT2D eigenvalue weighted by Gasteiger charge is 2.16. The molecule has 1 aliphatic rings. The molecule has 0 amide bonds. The molecule has 2 N–H and O–H groups in total. The first-order valence-corrected chi connectivity index (χ1v) is 11.1. The van der Waals surface area contributed by atoms with Gasteiger partial charge in [0.1, 0.15) is 0 Å². The number of hydrogen-bond acceptors (Lipinski definition) is 7. The monoisotopic (exact) mass is 450 g/mol. The van der Waals surface area contributed by atoms with E-state index in [-0.39, 0.29) is 5.56 Å². The van der Waals surface area contributed by atoms with E-state index in [0.29, 0.717) is 28.3 Å². The number of pyridine rings is 1. The number of fused-ring (bicyclic) bond motifs is 2. The maximum Gasteiger partial charge on any atom is 0.266 e. The topological polar surface area (TPSA) is 97.9 Å². The van der Waals surface area contributed by atoms with Crippen LogP contribution in [0.4, 0.5) is 11.6 Å². The SMILES string of the molecule is Cc1cn(-c2ccccc2-c2cnco2)c(=O)c2cnc(Nc3ccc4c(c3)CNCC4)nc12. The van der Waals surface area contributed by atoms with Gasteiger partial charge in [-0.15, -0.1) is 0 Å². The average Bonchev–Trinajstić information content (AvgIpc) is 3.41. The van der Waals surface area contributed by atoms with Gasteiger partial charge in [-0.25, -0.2) is 15.0 Å². The third-order valence-corrected chi connectivity index (χ3v) is 6.14. The van der Waals surface area contributed by atoms with E-state index < -0.39 is 0 Å². The molecule has 0 atom stereocenters. The third-order valence-electron chi connectivity index (χ3n) is 6.14. The van der Waals surface area contributed by atoms with Crippen LogP contribution in [0.3, 0.4) is 0 Å².